The van der Waals surface area contributed by atoms with Crippen molar-refractivity contribution >= 4 is 11.9 Å². The SMILES string of the molecule is C=Cc1ccc2c(c1)C1(c3ccccc3-c3ccccc31)c1cc(C(=O)c3ccccc3)ccc1-2. The van der Waals surface area contributed by atoms with E-state index in [2.05, 4.69) is 85.4 Å². The monoisotopic (exact) mass is 446 g/mol. The summed E-state index contributed by atoms with van der Waals surface area (Å²) in [6.45, 7) is 4.04. The molecule has 5 aromatic rings. The zero-order chi connectivity index (χ0) is 23.6. The Morgan fingerprint density at radius 2 is 1.09 bits per heavy atom. The van der Waals surface area contributed by atoms with Crippen molar-refractivity contribution < 1.29 is 4.79 Å². The summed E-state index contributed by atoms with van der Waals surface area (Å²) < 4.78 is 0. The lowest BCUT2D eigenvalue weighted by Gasteiger charge is -2.30. The minimum atomic E-state index is -0.468. The molecule has 35 heavy (non-hydrogen) atoms. The minimum absolute atomic E-state index is 0.0471. The smallest absolute Gasteiger partial charge is 0.193 e. The fraction of sp³-hybridized carbons (Fsp3) is 0.0294. The molecule has 0 bridgehead atoms. The van der Waals surface area contributed by atoms with Gasteiger partial charge in [0.15, 0.2) is 5.78 Å². The second-order valence-electron chi connectivity index (χ2n) is 9.31. The zero-order valence-electron chi connectivity index (χ0n) is 19.2. The third-order valence-corrected chi connectivity index (χ3v) is 7.65. The van der Waals surface area contributed by atoms with Gasteiger partial charge in [0.2, 0.25) is 0 Å². The van der Waals surface area contributed by atoms with Gasteiger partial charge >= 0.3 is 0 Å². The number of hydrogen-bond acceptors (Lipinski definition) is 1. The van der Waals surface area contributed by atoms with Crippen LogP contribution in [0.4, 0.5) is 0 Å². The number of hydrogen-bond donors (Lipinski definition) is 0. The summed E-state index contributed by atoms with van der Waals surface area (Å²) in [5.74, 6) is 0.0471. The Morgan fingerprint density at radius 1 is 0.543 bits per heavy atom. The van der Waals surface area contributed by atoms with E-state index in [9.17, 15) is 4.79 Å². The lowest BCUT2D eigenvalue weighted by atomic mass is 9.70. The van der Waals surface area contributed by atoms with E-state index in [-0.39, 0.29) is 5.78 Å². The summed E-state index contributed by atoms with van der Waals surface area (Å²) >= 11 is 0. The predicted octanol–water partition coefficient (Wildman–Crippen LogP) is 7.90. The number of ketones is 1. The van der Waals surface area contributed by atoms with Crippen LogP contribution in [0.25, 0.3) is 28.3 Å². The van der Waals surface area contributed by atoms with Crippen molar-refractivity contribution in [2.24, 2.45) is 0 Å². The molecule has 0 amide bonds. The van der Waals surface area contributed by atoms with Crippen LogP contribution in [0.1, 0.15) is 43.7 Å². The first-order chi connectivity index (χ1) is 17.2. The summed E-state index contributed by atoms with van der Waals surface area (Å²) in [4.78, 5) is 13.5. The van der Waals surface area contributed by atoms with Crippen molar-refractivity contribution in [1.82, 2.24) is 0 Å². The van der Waals surface area contributed by atoms with Gasteiger partial charge in [0, 0.05) is 11.1 Å². The highest BCUT2D eigenvalue weighted by molar-refractivity contribution is 6.10. The Morgan fingerprint density at radius 3 is 1.74 bits per heavy atom. The van der Waals surface area contributed by atoms with Gasteiger partial charge in [0.1, 0.15) is 0 Å². The number of carbonyl (C=O) groups excluding carboxylic acids is 1. The topological polar surface area (TPSA) is 17.1 Å². The molecular weight excluding hydrogens is 424 g/mol. The van der Waals surface area contributed by atoms with Crippen LogP contribution in [0.2, 0.25) is 0 Å². The van der Waals surface area contributed by atoms with Gasteiger partial charge in [0.25, 0.3) is 0 Å². The molecule has 0 heterocycles. The van der Waals surface area contributed by atoms with Crippen LogP contribution >= 0.6 is 0 Å². The van der Waals surface area contributed by atoms with Gasteiger partial charge in [0.05, 0.1) is 5.41 Å². The van der Waals surface area contributed by atoms with Gasteiger partial charge in [-0.1, -0.05) is 116 Å². The van der Waals surface area contributed by atoms with Crippen LogP contribution in [0, 0.1) is 0 Å². The van der Waals surface area contributed by atoms with E-state index in [1.54, 1.807) is 0 Å². The van der Waals surface area contributed by atoms with E-state index in [1.165, 1.54) is 44.5 Å². The van der Waals surface area contributed by atoms with Crippen LogP contribution in [-0.4, -0.2) is 5.78 Å². The standard InChI is InChI=1S/C34H22O/c1-2-22-16-18-27-28-19-17-24(33(35)23-10-4-3-5-11-23)21-32(28)34(31(27)20-22)29-14-8-6-12-25(29)26-13-7-9-15-30(26)34/h2-21H,1H2. The van der Waals surface area contributed by atoms with Gasteiger partial charge in [-0.3, -0.25) is 4.79 Å². The fourth-order valence-corrected chi connectivity index (χ4v) is 6.18. The maximum atomic E-state index is 13.5. The first-order valence-corrected chi connectivity index (χ1v) is 11.9. The fourth-order valence-electron chi connectivity index (χ4n) is 6.18. The van der Waals surface area contributed by atoms with Gasteiger partial charge in [-0.2, -0.15) is 0 Å². The molecule has 7 rings (SSSR count). The van der Waals surface area contributed by atoms with Crippen molar-refractivity contribution in [3.05, 3.63) is 161 Å². The van der Waals surface area contributed by atoms with Crippen LogP contribution in [0.3, 0.4) is 0 Å². The van der Waals surface area contributed by atoms with Gasteiger partial charge < -0.3 is 0 Å². The van der Waals surface area contributed by atoms with Crippen LogP contribution in [0.15, 0.2) is 122 Å². The molecule has 2 aliphatic carbocycles. The molecular formula is C34H22O. The Hall–Kier alpha value is -4.49. The summed E-state index contributed by atoms with van der Waals surface area (Å²) in [7, 11) is 0. The lowest BCUT2D eigenvalue weighted by Crippen LogP contribution is -2.26. The van der Waals surface area contributed by atoms with E-state index in [1.807, 2.05) is 42.5 Å². The molecule has 1 spiro atoms. The highest BCUT2D eigenvalue weighted by Gasteiger charge is 2.51. The number of rotatable bonds is 3. The second kappa shape index (κ2) is 7.25. The molecule has 2 aliphatic rings. The molecule has 1 heteroatoms. The summed E-state index contributed by atoms with van der Waals surface area (Å²) in [6.07, 6.45) is 1.91. The van der Waals surface area contributed by atoms with Gasteiger partial charge in [-0.25, -0.2) is 0 Å². The van der Waals surface area contributed by atoms with Crippen molar-refractivity contribution in [2.75, 3.05) is 0 Å². The zero-order valence-corrected chi connectivity index (χ0v) is 19.2. The molecule has 0 radical (unpaired) electrons. The normalized spacial score (nSPS) is 13.6. The first-order valence-electron chi connectivity index (χ1n) is 11.9. The Balaban J connectivity index is 1.59. The molecule has 0 unspecified atom stereocenters. The van der Waals surface area contributed by atoms with E-state index >= 15 is 0 Å². The summed E-state index contributed by atoms with van der Waals surface area (Å²) in [6, 6.07) is 39.8. The average Bonchev–Trinajstić information content (AvgIpc) is 3.39. The first kappa shape index (κ1) is 19.9. The van der Waals surface area contributed by atoms with Crippen LogP contribution in [-0.2, 0) is 5.41 Å². The maximum Gasteiger partial charge on any atom is 0.193 e. The molecule has 164 valence electrons. The molecule has 0 saturated heterocycles. The van der Waals surface area contributed by atoms with Gasteiger partial charge in [-0.15, -0.1) is 0 Å². The predicted molar refractivity (Wildman–Crippen MR) is 143 cm³/mol. The second-order valence-corrected chi connectivity index (χ2v) is 9.31. The largest absolute Gasteiger partial charge is 0.289 e. The Labute approximate surface area is 205 Å². The molecule has 1 nitrogen and oxygen atoms in total. The van der Waals surface area contributed by atoms with Crippen molar-refractivity contribution in [1.29, 1.82) is 0 Å². The average molecular weight is 447 g/mol. The quantitative estimate of drug-likeness (QED) is 0.252. The maximum absolute atomic E-state index is 13.5. The summed E-state index contributed by atoms with van der Waals surface area (Å²) in [5.41, 5.74) is 11.9. The number of benzene rings is 5. The lowest BCUT2D eigenvalue weighted by molar-refractivity contribution is 0.103. The van der Waals surface area contributed by atoms with Crippen LogP contribution in [0.5, 0.6) is 0 Å². The number of fused-ring (bicyclic) bond motifs is 10. The molecule has 0 aromatic heterocycles. The summed E-state index contributed by atoms with van der Waals surface area (Å²) in [5, 5.41) is 0. The molecule has 0 N–H and O–H groups in total. The highest BCUT2D eigenvalue weighted by Crippen LogP contribution is 2.62. The Bertz CT molecular complexity index is 1630. The minimum Gasteiger partial charge on any atom is -0.289 e. The highest BCUT2D eigenvalue weighted by atomic mass is 16.1. The van der Waals surface area contributed by atoms with E-state index < -0.39 is 5.41 Å². The van der Waals surface area contributed by atoms with Crippen LogP contribution < -0.4 is 0 Å². The van der Waals surface area contributed by atoms with E-state index in [0.29, 0.717) is 11.1 Å². The van der Waals surface area contributed by atoms with Crippen molar-refractivity contribution in [3.63, 3.8) is 0 Å². The number of carbonyl (C=O) groups is 1. The third-order valence-electron chi connectivity index (χ3n) is 7.65. The van der Waals surface area contributed by atoms with Crippen molar-refractivity contribution in [3.8, 4) is 22.3 Å². The van der Waals surface area contributed by atoms with Crippen molar-refractivity contribution in [2.45, 2.75) is 5.41 Å². The van der Waals surface area contributed by atoms with E-state index in [4.69, 9.17) is 0 Å². The molecule has 5 aromatic carbocycles. The third kappa shape index (κ3) is 2.55. The Kier molecular flexibility index (Phi) is 4.13. The van der Waals surface area contributed by atoms with Gasteiger partial charge in [-0.05, 0) is 62.2 Å². The molecule has 0 aliphatic heterocycles. The molecule has 0 fully saturated rings. The van der Waals surface area contributed by atoms with E-state index in [0.717, 1.165) is 5.56 Å². The molecule has 0 saturated carbocycles. The molecule has 0 atom stereocenters.